The Balaban J connectivity index is 2.95. The lowest BCUT2D eigenvalue weighted by molar-refractivity contribution is 0.0211. The molecule has 4 nitrogen and oxygen atoms in total. The quantitative estimate of drug-likeness (QED) is 0.690. The van der Waals surface area contributed by atoms with Gasteiger partial charge in [-0.15, -0.1) is 0 Å². The van der Waals surface area contributed by atoms with Crippen molar-refractivity contribution >= 4 is 0 Å². The van der Waals surface area contributed by atoms with Gasteiger partial charge in [-0.1, -0.05) is 6.07 Å². The van der Waals surface area contributed by atoms with Crippen LogP contribution in [0.2, 0.25) is 0 Å². The van der Waals surface area contributed by atoms with E-state index in [1.165, 1.54) is 12.1 Å². The summed E-state index contributed by atoms with van der Waals surface area (Å²) in [6, 6.07) is 6.32. The van der Waals surface area contributed by atoms with Crippen LogP contribution in [-0.4, -0.2) is 21.4 Å². The zero-order valence-electron chi connectivity index (χ0n) is 8.38. The average molecular weight is 207 g/mol. The third-order valence-corrected chi connectivity index (χ3v) is 2.25. The summed E-state index contributed by atoms with van der Waals surface area (Å²) < 4.78 is 0. The molecule has 2 atom stereocenters. The van der Waals surface area contributed by atoms with Crippen molar-refractivity contribution in [1.82, 2.24) is 0 Å². The predicted octanol–water partition coefficient (Wildman–Crippen LogP) is 1.01. The Kier molecular flexibility index (Phi) is 3.67. The Morgan fingerprint density at radius 3 is 2.67 bits per heavy atom. The van der Waals surface area contributed by atoms with E-state index < -0.39 is 12.2 Å². The molecule has 0 amide bonds. The lowest BCUT2D eigenvalue weighted by atomic mass is 9.98. The van der Waals surface area contributed by atoms with E-state index in [9.17, 15) is 15.3 Å². The topological polar surface area (TPSA) is 84.5 Å². The van der Waals surface area contributed by atoms with E-state index in [4.69, 9.17) is 5.26 Å². The second kappa shape index (κ2) is 4.78. The third-order valence-electron chi connectivity index (χ3n) is 2.25. The number of hydrogen-bond donors (Lipinski definition) is 3. The van der Waals surface area contributed by atoms with E-state index in [0.717, 1.165) is 5.56 Å². The maximum absolute atomic E-state index is 9.71. The number of aliphatic hydroxyl groups is 2. The molecule has 0 heterocycles. The van der Waals surface area contributed by atoms with Gasteiger partial charge in [0, 0.05) is 0 Å². The number of nitriles is 1. The molecular formula is C11H13NO3. The fraction of sp³-hybridized carbons (Fsp3) is 0.364. The summed E-state index contributed by atoms with van der Waals surface area (Å²) in [6.07, 6.45) is -2.41. The number of hydrogen-bond acceptors (Lipinski definition) is 4. The second-order valence-electron chi connectivity index (χ2n) is 3.42. The number of benzene rings is 1. The van der Waals surface area contributed by atoms with Crippen LogP contribution in [0, 0.1) is 18.3 Å². The predicted molar refractivity (Wildman–Crippen MR) is 54.0 cm³/mol. The van der Waals surface area contributed by atoms with Gasteiger partial charge in [-0.05, 0) is 30.2 Å². The first-order valence-corrected chi connectivity index (χ1v) is 4.59. The van der Waals surface area contributed by atoms with Gasteiger partial charge in [-0.25, -0.2) is 0 Å². The summed E-state index contributed by atoms with van der Waals surface area (Å²) in [5.41, 5.74) is 1.20. The molecule has 0 aromatic heterocycles. The molecule has 15 heavy (non-hydrogen) atoms. The highest BCUT2D eigenvalue weighted by Gasteiger charge is 2.19. The SMILES string of the molecule is Cc1ccc(O)cc1C(O)C(O)CC#N. The normalized spacial score (nSPS) is 14.3. The number of phenolic OH excluding ortho intramolecular Hbond substituents is 1. The molecule has 0 fully saturated rings. The summed E-state index contributed by atoms with van der Waals surface area (Å²) >= 11 is 0. The van der Waals surface area contributed by atoms with Crippen molar-refractivity contribution in [3.05, 3.63) is 29.3 Å². The van der Waals surface area contributed by atoms with Crippen LogP contribution in [0.15, 0.2) is 18.2 Å². The number of nitrogens with zero attached hydrogens (tertiary/aromatic N) is 1. The van der Waals surface area contributed by atoms with E-state index in [0.29, 0.717) is 5.56 Å². The van der Waals surface area contributed by atoms with Crippen LogP contribution < -0.4 is 0 Å². The van der Waals surface area contributed by atoms with Crippen LogP contribution in [0.25, 0.3) is 0 Å². The molecule has 0 aliphatic heterocycles. The van der Waals surface area contributed by atoms with Crippen molar-refractivity contribution in [2.75, 3.05) is 0 Å². The molecule has 0 aliphatic rings. The molecule has 3 N–H and O–H groups in total. The minimum absolute atomic E-state index is 0.0267. The van der Waals surface area contributed by atoms with Gasteiger partial charge in [0.15, 0.2) is 0 Å². The standard InChI is InChI=1S/C11H13NO3/c1-7-2-3-8(13)6-9(7)11(15)10(14)4-5-12/h2-3,6,10-11,13-15H,4H2,1H3. The molecule has 0 spiro atoms. The molecule has 4 heteroatoms. The van der Waals surface area contributed by atoms with Gasteiger partial charge in [0.05, 0.1) is 18.6 Å². The number of rotatable bonds is 3. The van der Waals surface area contributed by atoms with E-state index in [1.54, 1.807) is 19.1 Å². The van der Waals surface area contributed by atoms with Crippen LogP contribution in [0.5, 0.6) is 5.75 Å². The Labute approximate surface area is 88.0 Å². The van der Waals surface area contributed by atoms with Crippen molar-refractivity contribution in [3.8, 4) is 11.8 Å². The maximum atomic E-state index is 9.71. The second-order valence-corrected chi connectivity index (χ2v) is 3.42. The van der Waals surface area contributed by atoms with E-state index in [2.05, 4.69) is 0 Å². The first-order chi connectivity index (χ1) is 7.06. The van der Waals surface area contributed by atoms with Crippen LogP contribution in [-0.2, 0) is 0 Å². The largest absolute Gasteiger partial charge is 0.508 e. The summed E-state index contributed by atoms with van der Waals surface area (Å²) in [5, 5.41) is 36.8. The van der Waals surface area contributed by atoms with Crippen molar-refractivity contribution in [2.45, 2.75) is 25.6 Å². The minimum atomic E-state index is -1.14. The lowest BCUT2D eigenvalue weighted by Crippen LogP contribution is -2.18. The summed E-state index contributed by atoms with van der Waals surface area (Å²) in [5.74, 6) is 0.0267. The summed E-state index contributed by atoms with van der Waals surface area (Å²) in [6.45, 7) is 1.76. The molecular weight excluding hydrogens is 194 g/mol. The van der Waals surface area contributed by atoms with Crippen LogP contribution >= 0.6 is 0 Å². The van der Waals surface area contributed by atoms with Gasteiger partial charge < -0.3 is 15.3 Å². The Hall–Kier alpha value is -1.57. The molecule has 1 aromatic carbocycles. The van der Waals surface area contributed by atoms with Crippen molar-refractivity contribution in [2.24, 2.45) is 0 Å². The van der Waals surface area contributed by atoms with E-state index in [-0.39, 0.29) is 12.2 Å². The fourth-order valence-corrected chi connectivity index (χ4v) is 1.36. The highest BCUT2D eigenvalue weighted by Crippen LogP contribution is 2.25. The molecule has 0 saturated heterocycles. The Morgan fingerprint density at radius 2 is 2.07 bits per heavy atom. The monoisotopic (exact) mass is 207 g/mol. The van der Waals surface area contributed by atoms with Crippen molar-refractivity contribution in [3.63, 3.8) is 0 Å². The number of aromatic hydroxyl groups is 1. The number of phenols is 1. The lowest BCUT2D eigenvalue weighted by Gasteiger charge is -2.17. The summed E-state index contributed by atoms with van der Waals surface area (Å²) in [4.78, 5) is 0. The Morgan fingerprint density at radius 1 is 1.40 bits per heavy atom. The smallest absolute Gasteiger partial charge is 0.115 e. The summed E-state index contributed by atoms with van der Waals surface area (Å²) in [7, 11) is 0. The van der Waals surface area contributed by atoms with Crippen molar-refractivity contribution in [1.29, 1.82) is 5.26 Å². The Bertz CT molecular complexity index is 384. The highest BCUT2D eigenvalue weighted by atomic mass is 16.3. The zero-order chi connectivity index (χ0) is 11.4. The van der Waals surface area contributed by atoms with Crippen LogP contribution in [0.1, 0.15) is 23.7 Å². The van der Waals surface area contributed by atoms with Gasteiger partial charge in [-0.3, -0.25) is 0 Å². The van der Waals surface area contributed by atoms with Crippen molar-refractivity contribution < 1.29 is 15.3 Å². The van der Waals surface area contributed by atoms with Gasteiger partial charge >= 0.3 is 0 Å². The molecule has 1 rings (SSSR count). The molecule has 2 unspecified atom stereocenters. The first kappa shape index (κ1) is 11.5. The van der Waals surface area contributed by atoms with Gasteiger partial charge in [0.25, 0.3) is 0 Å². The van der Waals surface area contributed by atoms with Crippen LogP contribution in [0.4, 0.5) is 0 Å². The molecule has 0 aliphatic carbocycles. The third kappa shape index (κ3) is 2.69. The average Bonchev–Trinajstić information content (AvgIpc) is 2.21. The van der Waals surface area contributed by atoms with E-state index >= 15 is 0 Å². The van der Waals surface area contributed by atoms with Gasteiger partial charge in [0.1, 0.15) is 11.9 Å². The van der Waals surface area contributed by atoms with E-state index in [1.807, 2.05) is 0 Å². The molecule has 0 bridgehead atoms. The number of aliphatic hydroxyl groups excluding tert-OH is 2. The van der Waals surface area contributed by atoms with Gasteiger partial charge in [0.2, 0.25) is 0 Å². The molecule has 80 valence electrons. The highest BCUT2D eigenvalue weighted by molar-refractivity contribution is 5.35. The molecule has 1 aromatic rings. The first-order valence-electron chi connectivity index (χ1n) is 4.59. The van der Waals surface area contributed by atoms with Gasteiger partial charge in [-0.2, -0.15) is 5.26 Å². The molecule has 0 radical (unpaired) electrons. The number of aryl methyl sites for hydroxylation is 1. The fourth-order valence-electron chi connectivity index (χ4n) is 1.36. The maximum Gasteiger partial charge on any atom is 0.115 e. The minimum Gasteiger partial charge on any atom is -0.508 e. The molecule has 0 saturated carbocycles. The van der Waals surface area contributed by atoms with Crippen LogP contribution in [0.3, 0.4) is 0 Å². The zero-order valence-corrected chi connectivity index (χ0v) is 8.38.